The third-order valence-corrected chi connectivity index (χ3v) is 4.42. The number of fused-ring (bicyclic) bond motifs is 1. The minimum atomic E-state index is -0.657. The molecule has 0 fully saturated rings. The number of hydrogen-bond acceptors (Lipinski definition) is 3. The number of carbonyl (C=O) groups is 1. The SMILES string of the molecule is CC(C)c1cccc(C(C)C)c1NC(=O)C1COc2ccccc2O1. The Morgan fingerprint density at radius 3 is 2.16 bits per heavy atom. The van der Waals surface area contributed by atoms with Crippen LogP contribution in [-0.2, 0) is 4.79 Å². The molecule has 0 radical (unpaired) electrons. The molecule has 4 nitrogen and oxygen atoms in total. The zero-order valence-corrected chi connectivity index (χ0v) is 15.2. The monoisotopic (exact) mass is 339 g/mol. The molecule has 1 unspecified atom stereocenters. The molecule has 1 amide bonds. The number of ether oxygens (including phenoxy) is 2. The molecule has 0 aliphatic carbocycles. The van der Waals surface area contributed by atoms with Gasteiger partial charge in [0.25, 0.3) is 5.91 Å². The van der Waals surface area contributed by atoms with Gasteiger partial charge in [-0.15, -0.1) is 0 Å². The van der Waals surface area contributed by atoms with Gasteiger partial charge in [-0.3, -0.25) is 4.79 Å². The molecule has 0 saturated carbocycles. The van der Waals surface area contributed by atoms with Gasteiger partial charge in [0, 0.05) is 5.69 Å². The highest BCUT2D eigenvalue weighted by Gasteiger charge is 2.28. The number of para-hydroxylation sites is 3. The largest absolute Gasteiger partial charge is 0.485 e. The maximum absolute atomic E-state index is 12.8. The van der Waals surface area contributed by atoms with Gasteiger partial charge in [0.05, 0.1) is 0 Å². The maximum Gasteiger partial charge on any atom is 0.269 e. The summed E-state index contributed by atoms with van der Waals surface area (Å²) >= 11 is 0. The molecule has 0 spiro atoms. The van der Waals surface area contributed by atoms with Crippen molar-refractivity contribution in [2.24, 2.45) is 0 Å². The molecule has 1 heterocycles. The molecule has 2 aromatic carbocycles. The second-order valence-electron chi connectivity index (χ2n) is 6.97. The molecule has 1 atom stereocenters. The lowest BCUT2D eigenvalue weighted by atomic mass is 9.92. The van der Waals surface area contributed by atoms with E-state index in [9.17, 15) is 4.79 Å². The minimum Gasteiger partial charge on any atom is -0.485 e. The highest BCUT2D eigenvalue weighted by atomic mass is 16.6. The smallest absolute Gasteiger partial charge is 0.269 e. The summed E-state index contributed by atoms with van der Waals surface area (Å²) in [4.78, 5) is 12.8. The summed E-state index contributed by atoms with van der Waals surface area (Å²) in [5.41, 5.74) is 3.17. The van der Waals surface area contributed by atoms with Crippen LogP contribution in [0.15, 0.2) is 42.5 Å². The van der Waals surface area contributed by atoms with Crippen molar-refractivity contribution in [1.82, 2.24) is 0 Å². The molecular formula is C21H25NO3. The van der Waals surface area contributed by atoms with Crippen LogP contribution in [0, 0.1) is 0 Å². The number of amides is 1. The summed E-state index contributed by atoms with van der Waals surface area (Å²) in [7, 11) is 0. The lowest BCUT2D eigenvalue weighted by Crippen LogP contribution is -2.40. The first kappa shape index (κ1) is 17.3. The summed E-state index contributed by atoms with van der Waals surface area (Å²) in [6.07, 6.45) is -0.657. The standard InChI is InChI=1S/C21H25NO3/c1-13(2)15-8-7-9-16(14(3)4)20(15)22-21(23)19-12-24-17-10-5-6-11-18(17)25-19/h5-11,13-14,19H,12H2,1-4H3,(H,22,23). The van der Waals surface area contributed by atoms with Gasteiger partial charge < -0.3 is 14.8 Å². The van der Waals surface area contributed by atoms with E-state index < -0.39 is 6.10 Å². The Labute approximate surface area is 149 Å². The van der Waals surface area contributed by atoms with Gasteiger partial charge in [0.2, 0.25) is 6.10 Å². The molecule has 3 rings (SSSR count). The second kappa shape index (κ2) is 7.18. The third kappa shape index (κ3) is 3.63. The van der Waals surface area contributed by atoms with Crippen LogP contribution in [0.5, 0.6) is 11.5 Å². The number of nitrogens with one attached hydrogen (secondary N) is 1. The summed E-state index contributed by atoms with van der Waals surface area (Å²) < 4.78 is 11.5. The minimum absolute atomic E-state index is 0.176. The topological polar surface area (TPSA) is 47.6 Å². The molecular weight excluding hydrogens is 314 g/mol. The lowest BCUT2D eigenvalue weighted by Gasteiger charge is -2.27. The predicted molar refractivity (Wildman–Crippen MR) is 99.6 cm³/mol. The first-order chi connectivity index (χ1) is 12.0. The van der Waals surface area contributed by atoms with E-state index in [1.165, 1.54) is 0 Å². The van der Waals surface area contributed by atoms with Gasteiger partial charge in [-0.1, -0.05) is 58.0 Å². The molecule has 1 aliphatic heterocycles. The van der Waals surface area contributed by atoms with Crippen molar-refractivity contribution in [2.75, 3.05) is 11.9 Å². The third-order valence-electron chi connectivity index (χ3n) is 4.42. The van der Waals surface area contributed by atoms with E-state index in [-0.39, 0.29) is 12.5 Å². The van der Waals surface area contributed by atoms with Crippen LogP contribution in [0.2, 0.25) is 0 Å². The van der Waals surface area contributed by atoms with Crippen molar-refractivity contribution in [3.8, 4) is 11.5 Å². The van der Waals surface area contributed by atoms with Gasteiger partial charge in [-0.25, -0.2) is 0 Å². The van der Waals surface area contributed by atoms with E-state index in [1.54, 1.807) is 0 Å². The molecule has 1 aliphatic rings. The van der Waals surface area contributed by atoms with E-state index in [4.69, 9.17) is 9.47 Å². The Morgan fingerprint density at radius 1 is 0.960 bits per heavy atom. The van der Waals surface area contributed by atoms with Gasteiger partial charge in [0.1, 0.15) is 6.61 Å². The van der Waals surface area contributed by atoms with Crippen LogP contribution < -0.4 is 14.8 Å². The average Bonchev–Trinajstić information content (AvgIpc) is 2.61. The quantitative estimate of drug-likeness (QED) is 0.877. The zero-order valence-electron chi connectivity index (χ0n) is 15.2. The number of hydrogen-bond donors (Lipinski definition) is 1. The second-order valence-corrected chi connectivity index (χ2v) is 6.97. The average molecular weight is 339 g/mol. The molecule has 2 aromatic rings. The molecule has 0 bridgehead atoms. The Morgan fingerprint density at radius 2 is 1.56 bits per heavy atom. The van der Waals surface area contributed by atoms with E-state index in [0.717, 1.165) is 16.8 Å². The van der Waals surface area contributed by atoms with E-state index in [2.05, 4.69) is 51.2 Å². The van der Waals surface area contributed by atoms with Gasteiger partial charge >= 0.3 is 0 Å². The summed E-state index contributed by atoms with van der Waals surface area (Å²) in [6.45, 7) is 8.73. The Kier molecular flexibility index (Phi) is 4.98. The first-order valence-electron chi connectivity index (χ1n) is 8.79. The van der Waals surface area contributed by atoms with Crippen molar-refractivity contribution in [3.63, 3.8) is 0 Å². The van der Waals surface area contributed by atoms with Crippen molar-refractivity contribution in [3.05, 3.63) is 53.6 Å². The molecule has 1 N–H and O–H groups in total. The molecule has 25 heavy (non-hydrogen) atoms. The number of rotatable bonds is 4. The van der Waals surface area contributed by atoms with E-state index in [0.29, 0.717) is 23.3 Å². The summed E-state index contributed by atoms with van der Waals surface area (Å²) in [5, 5.41) is 3.10. The van der Waals surface area contributed by atoms with Gasteiger partial charge in [0.15, 0.2) is 11.5 Å². The highest BCUT2D eigenvalue weighted by molar-refractivity contribution is 5.96. The van der Waals surface area contributed by atoms with Crippen molar-refractivity contribution in [1.29, 1.82) is 0 Å². The Bertz CT molecular complexity index is 741. The number of benzene rings is 2. The van der Waals surface area contributed by atoms with Crippen LogP contribution in [0.4, 0.5) is 5.69 Å². The van der Waals surface area contributed by atoms with Crippen molar-refractivity contribution in [2.45, 2.75) is 45.6 Å². The fraction of sp³-hybridized carbons (Fsp3) is 0.381. The van der Waals surface area contributed by atoms with Gasteiger partial charge in [-0.05, 0) is 35.1 Å². The molecule has 4 heteroatoms. The van der Waals surface area contributed by atoms with Crippen LogP contribution >= 0.6 is 0 Å². The summed E-state index contributed by atoms with van der Waals surface area (Å²) in [5.74, 6) is 1.74. The molecule has 0 saturated heterocycles. The predicted octanol–water partition coefficient (Wildman–Crippen LogP) is 4.71. The van der Waals surface area contributed by atoms with E-state index >= 15 is 0 Å². The number of anilines is 1. The van der Waals surface area contributed by atoms with Crippen LogP contribution in [0.25, 0.3) is 0 Å². The molecule has 0 aromatic heterocycles. The summed E-state index contributed by atoms with van der Waals surface area (Å²) in [6, 6.07) is 13.6. The Balaban J connectivity index is 1.84. The maximum atomic E-state index is 12.8. The normalized spacial score (nSPS) is 16.2. The van der Waals surface area contributed by atoms with Crippen molar-refractivity contribution >= 4 is 11.6 Å². The molecule has 132 valence electrons. The first-order valence-corrected chi connectivity index (χ1v) is 8.79. The number of carbonyl (C=O) groups excluding carboxylic acids is 1. The van der Waals surface area contributed by atoms with Crippen LogP contribution in [-0.4, -0.2) is 18.6 Å². The zero-order chi connectivity index (χ0) is 18.0. The highest BCUT2D eigenvalue weighted by Crippen LogP contribution is 2.34. The lowest BCUT2D eigenvalue weighted by molar-refractivity contribution is -0.125. The van der Waals surface area contributed by atoms with Crippen molar-refractivity contribution < 1.29 is 14.3 Å². The fourth-order valence-electron chi connectivity index (χ4n) is 3.05. The Hall–Kier alpha value is -2.49. The fourth-order valence-corrected chi connectivity index (χ4v) is 3.05. The van der Waals surface area contributed by atoms with Crippen LogP contribution in [0.3, 0.4) is 0 Å². The van der Waals surface area contributed by atoms with Crippen LogP contribution in [0.1, 0.15) is 50.7 Å². The van der Waals surface area contributed by atoms with Gasteiger partial charge in [-0.2, -0.15) is 0 Å². The van der Waals surface area contributed by atoms with E-state index in [1.807, 2.05) is 24.3 Å².